The Kier molecular flexibility index (Phi) is 35.2. The Morgan fingerprint density at radius 2 is 0.982 bits per heavy atom. The molecule has 3 N–H and O–H groups in total. The molecular formula is C46H83N3O7. The summed E-state index contributed by atoms with van der Waals surface area (Å²) in [5.74, 6) is 0.361. The van der Waals surface area contributed by atoms with Crippen molar-refractivity contribution in [2.75, 3.05) is 72.6 Å². The van der Waals surface area contributed by atoms with Crippen molar-refractivity contribution >= 4 is 17.5 Å². The fourth-order valence-electron chi connectivity index (χ4n) is 6.76. The Morgan fingerprint density at radius 3 is 1.45 bits per heavy atom. The van der Waals surface area contributed by atoms with E-state index in [-0.39, 0.29) is 5.91 Å². The highest BCUT2D eigenvalue weighted by Crippen LogP contribution is 2.34. The summed E-state index contributed by atoms with van der Waals surface area (Å²) in [6, 6.07) is 10.0. The molecule has 0 saturated heterocycles. The molecule has 10 nitrogen and oxygen atoms in total. The first-order chi connectivity index (χ1) is 27.5. The fraction of sp³-hybridized carbons (Fsp3) is 0.804. The van der Waals surface area contributed by atoms with E-state index in [1.807, 2.05) is 37.3 Å². The number of carbonyl (C=O) groups is 1. The smallest absolute Gasteiger partial charge is 0.231 e. The van der Waals surface area contributed by atoms with Crippen LogP contribution in [0.25, 0.3) is 0 Å². The standard InChI is InChI=1S/C46H83N3O7/c1-4-6-7-8-9-11-14-17-23-28-46(42(3)47,29-24-18-15-12-10-13-16-22-27-44(48)56-41-43-25-20-19-21-26-43)45(50)49-30-32-52-34-36-54-38-40-55-39-37-53-35-33-51-31-5-2/h19-21,25-26,47-48H,4-18,22-24,27-41H2,1-3H3,(H,49,50). The largest absolute Gasteiger partial charge is 0.476 e. The van der Waals surface area contributed by atoms with Gasteiger partial charge >= 0.3 is 0 Å². The number of carbonyl (C=O) groups excluding carboxylic acids is 1. The van der Waals surface area contributed by atoms with Crippen molar-refractivity contribution in [1.82, 2.24) is 5.32 Å². The van der Waals surface area contributed by atoms with Crippen molar-refractivity contribution in [2.45, 2.75) is 162 Å². The zero-order valence-electron chi connectivity index (χ0n) is 36.1. The quantitative estimate of drug-likeness (QED) is 0.0341. The summed E-state index contributed by atoms with van der Waals surface area (Å²) in [6.45, 7) is 12.5. The molecule has 0 heterocycles. The van der Waals surface area contributed by atoms with Crippen molar-refractivity contribution in [3.63, 3.8) is 0 Å². The lowest BCUT2D eigenvalue weighted by molar-refractivity contribution is -0.128. The van der Waals surface area contributed by atoms with E-state index in [0.29, 0.717) is 90.6 Å². The topological polar surface area (TPSA) is 132 Å². The number of amides is 1. The van der Waals surface area contributed by atoms with E-state index < -0.39 is 5.41 Å². The van der Waals surface area contributed by atoms with Gasteiger partial charge in [0.1, 0.15) is 6.61 Å². The van der Waals surface area contributed by atoms with Gasteiger partial charge in [0.2, 0.25) is 5.91 Å². The number of nitrogens with one attached hydrogen (secondary N) is 3. The Morgan fingerprint density at radius 1 is 0.554 bits per heavy atom. The Hall–Kier alpha value is -2.37. The summed E-state index contributed by atoms with van der Waals surface area (Å²) in [5.41, 5.74) is 0.833. The van der Waals surface area contributed by atoms with E-state index >= 15 is 0 Å². The van der Waals surface area contributed by atoms with Crippen LogP contribution in [-0.2, 0) is 39.8 Å². The van der Waals surface area contributed by atoms with Crippen LogP contribution in [0, 0.1) is 16.2 Å². The predicted molar refractivity (Wildman–Crippen MR) is 230 cm³/mol. The van der Waals surface area contributed by atoms with Crippen molar-refractivity contribution in [3.05, 3.63) is 35.9 Å². The molecule has 0 radical (unpaired) electrons. The zero-order valence-corrected chi connectivity index (χ0v) is 36.1. The van der Waals surface area contributed by atoms with Crippen LogP contribution < -0.4 is 5.32 Å². The van der Waals surface area contributed by atoms with Crippen LogP contribution in [0.15, 0.2) is 30.3 Å². The average Bonchev–Trinajstić information content (AvgIpc) is 3.20. The average molecular weight is 790 g/mol. The maximum atomic E-state index is 13.8. The van der Waals surface area contributed by atoms with Crippen molar-refractivity contribution in [1.29, 1.82) is 10.8 Å². The Bertz CT molecular complexity index is 1060. The van der Waals surface area contributed by atoms with Crippen molar-refractivity contribution in [2.24, 2.45) is 5.41 Å². The summed E-state index contributed by atoms with van der Waals surface area (Å²) in [5, 5.41) is 20.0. The molecule has 0 bridgehead atoms. The van der Waals surface area contributed by atoms with Crippen LogP contribution >= 0.6 is 0 Å². The molecule has 56 heavy (non-hydrogen) atoms. The highest BCUT2D eigenvalue weighted by molar-refractivity contribution is 6.06. The van der Waals surface area contributed by atoms with Crippen LogP contribution in [0.2, 0.25) is 0 Å². The van der Waals surface area contributed by atoms with Gasteiger partial charge in [-0.2, -0.15) is 0 Å². The third-order valence-electron chi connectivity index (χ3n) is 10.2. The van der Waals surface area contributed by atoms with Gasteiger partial charge < -0.3 is 39.1 Å². The second-order valence-electron chi connectivity index (χ2n) is 15.1. The summed E-state index contributed by atoms with van der Waals surface area (Å²) >= 11 is 0. The Balaban J connectivity index is 2.32. The molecule has 1 amide bonds. The molecule has 1 unspecified atom stereocenters. The highest BCUT2D eigenvalue weighted by atomic mass is 16.6. The molecule has 1 rings (SSSR count). The number of rotatable bonds is 42. The minimum atomic E-state index is -0.745. The second kappa shape index (κ2) is 38.2. The molecule has 0 aromatic heterocycles. The Labute approximate surface area is 342 Å². The van der Waals surface area contributed by atoms with Gasteiger partial charge in [-0.1, -0.05) is 147 Å². The third-order valence-corrected chi connectivity index (χ3v) is 10.2. The van der Waals surface area contributed by atoms with Crippen LogP contribution in [0.5, 0.6) is 0 Å². The van der Waals surface area contributed by atoms with Crippen LogP contribution in [-0.4, -0.2) is 90.1 Å². The predicted octanol–water partition coefficient (Wildman–Crippen LogP) is 10.6. The summed E-state index contributed by atoms with van der Waals surface area (Å²) in [7, 11) is 0. The molecule has 1 aromatic rings. The molecule has 0 aliphatic heterocycles. The third kappa shape index (κ3) is 28.9. The first kappa shape index (κ1) is 51.6. The van der Waals surface area contributed by atoms with E-state index in [2.05, 4.69) is 19.2 Å². The number of benzene rings is 1. The minimum absolute atomic E-state index is 0.0163. The lowest BCUT2D eigenvalue weighted by Gasteiger charge is -2.32. The molecule has 1 aromatic carbocycles. The van der Waals surface area contributed by atoms with E-state index in [0.717, 1.165) is 76.4 Å². The van der Waals surface area contributed by atoms with Gasteiger partial charge in [0.15, 0.2) is 5.90 Å². The lowest BCUT2D eigenvalue weighted by atomic mass is 9.73. The number of ether oxygens (including phenoxy) is 6. The highest BCUT2D eigenvalue weighted by Gasteiger charge is 2.39. The molecule has 0 spiro atoms. The van der Waals surface area contributed by atoms with Gasteiger partial charge in [0.25, 0.3) is 0 Å². The van der Waals surface area contributed by atoms with Crippen molar-refractivity contribution in [3.8, 4) is 0 Å². The minimum Gasteiger partial charge on any atom is -0.476 e. The molecule has 324 valence electrons. The first-order valence-electron chi connectivity index (χ1n) is 22.4. The molecule has 0 aliphatic rings. The molecule has 0 saturated carbocycles. The normalized spacial score (nSPS) is 12.4. The first-order valence-corrected chi connectivity index (χ1v) is 22.4. The fourth-order valence-corrected chi connectivity index (χ4v) is 6.76. The monoisotopic (exact) mass is 790 g/mol. The van der Waals surface area contributed by atoms with E-state index in [1.54, 1.807) is 0 Å². The van der Waals surface area contributed by atoms with E-state index in [9.17, 15) is 4.79 Å². The van der Waals surface area contributed by atoms with Gasteiger partial charge in [-0.3, -0.25) is 10.2 Å². The second-order valence-corrected chi connectivity index (χ2v) is 15.1. The molecule has 0 fully saturated rings. The molecule has 1 atom stereocenters. The zero-order chi connectivity index (χ0) is 40.6. The maximum absolute atomic E-state index is 13.8. The number of hydrogen-bond donors (Lipinski definition) is 3. The maximum Gasteiger partial charge on any atom is 0.231 e. The molecular weight excluding hydrogens is 707 g/mol. The van der Waals surface area contributed by atoms with Crippen LogP contribution in [0.4, 0.5) is 0 Å². The molecule has 0 aliphatic carbocycles. The van der Waals surface area contributed by atoms with Crippen LogP contribution in [0.3, 0.4) is 0 Å². The van der Waals surface area contributed by atoms with Gasteiger partial charge in [0.05, 0.1) is 64.9 Å². The summed E-state index contributed by atoms with van der Waals surface area (Å²) < 4.78 is 33.3. The lowest BCUT2D eigenvalue weighted by Crippen LogP contribution is -2.46. The van der Waals surface area contributed by atoms with Gasteiger partial charge in [-0.25, -0.2) is 0 Å². The SMILES string of the molecule is CCCCCCCCCCCC(CCCCCCCCCCC(=N)OCc1ccccc1)(C(C)=N)C(=O)NCCOCCOCCOCCOCCOCCC. The van der Waals surface area contributed by atoms with Gasteiger partial charge in [-0.15, -0.1) is 0 Å². The van der Waals surface area contributed by atoms with Gasteiger partial charge in [-0.05, 0) is 38.2 Å². The van der Waals surface area contributed by atoms with E-state index in [1.165, 1.54) is 64.2 Å². The van der Waals surface area contributed by atoms with Gasteiger partial charge in [0, 0.05) is 25.3 Å². The van der Waals surface area contributed by atoms with E-state index in [4.69, 9.17) is 39.2 Å². The number of hydrogen-bond acceptors (Lipinski definition) is 9. The summed E-state index contributed by atoms with van der Waals surface area (Å²) in [4.78, 5) is 13.8. The molecule has 10 heteroatoms. The van der Waals surface area contributed by atoms with Crippen LogP contribution in [0.1, 0.15) is 161 Å². The number of unbranched alkanes of at least 4 members (excludes halogenated alkanes) is 15. The summed E-state index contributed by atoms with van der Waals surface area (Å²) in [6.07, 6.45) is 23.1. The van der Waals surface area contributed by atoms with Crippen molar-refractivity contribution < 1.29 is 33.2 Å².